The predicted octanol–water partition coefficient (Wildman–Crippen LogP) is 3.75. The zero-order valence-electron chi connectivity index (χ0n) is 12.7. The van der Waals surface area contributed by atoms with Gasteiger partial charge in [0.25, 0.3) is 0 Å². The summed E-state index contributed by atoms with van der Waals surface area (Å²) < 4.78 is 16.4. The van der Waals surface area contributed by atoms with E-state index in [0.717, 1.165) is 0 Å². The highest BCUT2D eigenvalue weighted by Crippen LogP contribution is 2.28. The summed E-state index contributed by atoms with van der Waals surface area (Å²) in [6, 6.07) is 4.89. The Labute approximate surface area is 136 Å². The van der Waals surface area contributed by atoms with Crippen LogP contribution in [0.5, 0.6) is 17.2 Å². The van der Waals surface area contributed by atoms with E-state index in [1.807, 2.05) is 0 Å². The summed E-state index contributed by atoms with van der Waals surface area (Å²) >= 11 is 0. The predicted molar refractivity (Wildman–Crippen MR) is 85.0 cm³/mol. The lowest BCUT2D eigenvalue weighted by Gasteiger charge is -2.12. The molecule has 0 saturated carbocycles. The zero-order valence-corrected chi connectivity index (χ0v) is 12.7. The van der Waals surface area contributed by atoms with E-state index < -0.39 is 0 Å². The molecule has 1 aromatic carbocycles. The van der Waals surface area contributed by atoms with Crippen molar-refractivity contribution in [3.8, 4) is 17.2 Å². The second kappa shape index (κ2) is 12.1. The molecular formula is C12H15N9O3. The molecule has 126 valence electrons. The normalized spacial score (nSPS) is 9.00. The van der Waals surface area contributed by atoms with Crippen LogP contribution in [0.4, 0.5) is 0 Å². The third-order valence-electron chi connectivity index (χ3n) is 2.42. The van der Waals surface area contributed by atoms with Crippen LogP contribution < -0.4 is 14.2 Å². The number of benzene rings is 1. The Hall–Kier alpha value is -3.45. The van der Waals surface area contributed by atoms with Crippen molar-refractivity contribution in [2.45, 2.75) is 0 Å². The standard InChI is InChI=1S/C12H15N9O3/c13-19-16-1-4-22-10-7-11(23-5-2-17-20-14)9-12(8-10)24-6-3-18-21-15/h7-9H,1-6H2. The van der Waals surface area contributed by atoms with Gasteiger partial charge in [-0.15, -0.1) is 0 Å². The quantitative estimate of drug-likeness (QED) is 0.245. The molecule has 0 spiro atoms. The van der Waals surface area contributed by atoms with E-state index in [-0.39, 0.29) is 39.5 Å². The molecule has 1 aromatic rings. The number of ether oxygens (including phenoxy) is 3. The maximum Gasteiger partial charge on any atom is 0.126 e. The molecule has 12 heteroatoms. The van der Waals surface area contributed by atoms with Crippen molar-refractivity contribution in [1.29, 1.82) is 0 Å². The molecule has 12 nitrogen and oxygen atoms in total. The van der Waals surface area contributed by atoms with Crippen molar-refractivity contribution in [2.24, 2.45) is 15.3 Å². The minimum atomic E-state index is 0.186. The first-order valence-electron chi connectivity index (χ1n) is 6.86. The fraction of sp³-hybridized carbons (Fsp3) is 0.500. The molecule has 0 aliphatic carbocycles. The van der Waals surface area contributed by atoms with Crippen LogP contribution in [0.15, 0.2) is 33.5 Å². The van der Waals surface area contributed by atoms with Crippen molar-refractivity contribution in [3.05, 3.63) is 49.5 Å². The lowest BCUT2D eigenvalue weighted by Crippen LogP contribution is -2.05. The van der Waals surface area contributed by atoms with Gasteiger partial charge in [-0.2, -0.15) is 0 Å². The number of hydrogen-bond acceptors (Lipinski definition) is 6. The van der Waals surface area contributed by atoms with Crippen LogP contribution in [0.1, 0.15) is 0 Å². The summed E-state index contributed by atoms with van der Waals surface area (Å²) in [6.45, 7) is 1.15. The average Bonchev–Trinajstić information content (AvgIpc) is 2.59. The van der Waals surface area contributed by atoms with E-state index in [1.165, 1.54) is 0 Å². The van der Waals surface area contributed by atoms with Crippen LogP contribution in [-0.2, 0) is 0 Å². The molecule has 0 radical (unpaired) electrons. The highest BCUT2D eigenvalue weighted by molar-refractivity contribution is 5.42. The van der Waals surface area contributed by atoms with Gasteiger partial charge in [0.2, 0.25) is 0 Å². The van der Waals surface area contributed by atoms with Crippen LogP contribution in [0.25, 0.3) is 31.3 Å². The molecule has 0 saturated heterocycles. The Kier molecular flexibility index (Phi) is 9.40. The van der Waals surface area contributed by atoms with Crippen molar-refractivity contribution in [2.75, 3.05) is 39.5 Å². The van der Waals surface area contributed by atoms with Gasteiger partial charge in [0.1, 0.15) is 17.2 Å². The third-order valence-corrected chi connectivity index (χ3v) is 2.42. The highest BCUT2D eigenvalue weighted by atomic mass is 16.5. The molecule has 0 unspecified atom stereocenters. The lowest BCUT2D eigenvalue weighted by molar-refractivity contribution is 0.296. The Morgan fingerprint density at radius 3 is 1.17 bits per heavy atom. The van der Waals surface area contributed by atoms with Gasteiger partial charge in [-0.1, -0.05) is 15.3 Å². The second-order valence-corrected chi connectivity index (χ2v) is 4.05. The van der Waals surface area contributed by atoms with Gasteiger partial charge in [0, 0.05) is 32.9 Å². The summed E-state index contributed by atoms with van der Waals surface area (Å²) in [5.74, 6) is 1.38. The van der Waals surface area contributed by atoms with Crippen LogP contribution in [0.3, 0.4) is 0 Å². The van der Waals surface area contributed by atoms with Gasteiger partial charge in [-0.25, -0.2) is 0 Å². The van der Waals surface area contributed by atoms with Crippen molar-refractivity contribution in [1.82, 2.24) is 0 Å². The fourth-order valence-electron chi connectivity index (χ4n) is 1.54. The Balaban J connectivity index is 2.72. The zero-order chi connectivity index (χ0) is 17.5. The van der Waals surface area contributed by atoms with E-state index in [2.05, 4.69) is 30.1 Å². The van der Waals surface area contributed by atoms with Gasteiger partial charge in [-0.3, -0.25) is 0 Å². The van der Waals surface area contributed by atoms with Crippen LogP contribution in [0.2, 0.25) is 0 Å². The topological polar surface area (TPSA) is 174 Å². The minimum Gasteiger partial charge on any atom is -0.493 e. The van der Waals surface area contributed by atoms with Gasteiger partial charge in [0.05, 0.1) is 39.5 Å². The Morgan fingerprint density at radius 2 is 0.917 bits per heavy atom. The third kappa shape index (κ3) is 8.11. The van der Waals surface area contributed by atoms with Gasteiger partial charge in [-0.05, 0) is 16.6 Å². The Bertz CT molecular complexity index is 559. The lowest BCUT2D eigenvalue weighted by atomic mass is 10.3. The summed E-state index contributed by atoms with van der Waals surface area (Å²) in [4.78, 5) is 7.90. The summed E-state index contributed by atoms with van der Waals surface area (Å²) in [5.41, 5.74) is 24.7. The number of nitrogens with zero attached hydrogens (tertiary/aromatic N) is 9. The van der Waals surface area contributed by atoms with Crippen LogP contribution in [-0.4, -0.2) is 39.5 Å². The van der Waals surface area contributed by atoms with Crippen LogP contribution in [0, 0.1) is 0 Å². The first-order chi connectivity index (χ1) is 11.8. The van der Waals surface area contributed by atoms with Gasteiger partial charge < -0.3 is 14.2 Å². The maximum atomic E-state index is 8.23. The molecule has 0 aliphatic heterocycles. The highest BCUT2D eigenvalue weighted by Gasteiger charge is 2.05. The van der Waals surface area contributed by atoms with Crippen molar-refractivity contribution >= 4 is 0 Å². The summed E-state index contributed by atoms with van der Waals surface area (Å²) in [6.07, 6.45) is 0. The largest absolute Gasteiger partial charge is 0.493 e. The molecule has 1 rings (SSSR count). The smallest absolute Gasteiger partial charge is 0.126 e. The average molecular weight is 333 g/mol. The molecule has 24 heavy (non-hydrogen) atoms. The maximum absolute atomic E-state index is 8.23. The molecule has 0 aromatic heterocycles. The Morgan fingerprint density at radius 1 is 0.625 bits per heavy atom. The van der Waals surface area contributed by atoms with E-state index >= 15 is 0 Å². The number of hydrogen-bond donors (Lipinski definition) is 0. The van der Waals surface area contributed by atoms with E-state index in [9.17, 15) is 0 Å². The number of azide groups is 3. The number of rotatable bonds is 12. The molecule has 0 amide bonds. The second-order valence-electron chi connectivity index (χ2n) is 4.05. The molecular weight excluding hydrogens is 318 g/mol. The van der Waals surface area contributed by atoms with E-state index in [0.29, 0.717) is 17.2 Å². The van der Waals surface area contributed by atoms with Crippen LogP contribution >= 0.6 is 0 Å². The van der Waals surface area contributed by atoms with Gasteiger partial charge in [0.15, 0.2) is 0 Å². The molecule has 0 atom stereocenters. The first-order valence-corrected chi connectivity index (χ1v) is 6.86. The minimum absolute atomic E-state index is 0.186. The fourth-order valence-corrected chi connectivity index (χ4v) is 1.54. The molecule has 0 heterocycles. The summed E-state index contributed by atoms with van der Waals surface area (Å²) in [7, 11) is 0. The molecule has 0 aliphatic rings. The van der Waals surface area contributed by atoms with Crippen molar-refractivity contribution < 1.29 is 14.2 Å². The monoisotopic (exact) mass is 333 g/mol. The molecule has 0 N–H and O–H groups in total. The molecule has 0 fully saturated rings. The van der Waals surface area contributed by atoms with E-state index in [1.54, 1.807) is 18.2 Å². The van der Waals surface area contributed by atoms with Crippen molar-refractivity contribution in [3.63, 3.8) is 0 Å². The van der Waals surface area contributed by atoms with E-state index in [4.69, 9.17) is 30.8 Å². The SMILES string of the molecule is [N-]=[N+]=NCCOc1cc(OCCN=[N+]=[N-])cc(OCCN=[N+]=[N-])c1. The first kappa shape index (κ1) is 18.6. The summed E-state index contributed by atoms with van der Waals surface area (Å²) in [5, 5.41) is 10.1. The van der Waals surface area contributed by atoms with Gasteiger partial charge >= 0.3 is 0 Å². The molecule has 0 bridgehead atoms.